The zero-order chi connectivity index (χ0) is 11.3. The Balaban J connectivity index is 2.34. The minimum atomic E-state index is -0.828. The summed E-state index contributed by atoms with van der Waals surface area (Å²) in [5.74, 6) is -0.00876. The van der Waals surface area contributed by atoms with Crippen LogP contribution in [0.1, 0.15) is 32.6 Å². The molecular formula is C11H21NO3. The fraction of sp³-hybridized carbons (Fsp3) is 0.909. The molecule has 0 spiro atoms. The van der Waals surface area contributed by atoms with E-state index < -0.39 is 12.0 Å². The molecule has 0 aromatic heterocycles. The van der Waals surface area contributed by atoms with Gasteiger partial charge in [-0.2, -0.15) is 0 Å². The van der Waals surface area contributed by atoms with Gasteiger partial charge in [-0.25, -0.2) is 0 Å². The Hall–Kier alpha value is -0.610. The van der Waals surface area contributed by atoms with Crippen molar-refractivity contribution < 1.29 is 14.6 Å². The van der Waals surface area contributed by atoms with Crippen LogP contribution in [0.4, 0.5) is 0 Å². The number of rotatable bonds is 8. The maximum atomic E-state index is 10.9. The van der Waals surface area contributed by atoms with E-state index in [0.717, 1.165) is 18.8 Å². The van der Waals surface area contributed by atoms with Crippen molar-refractivity contribution in [2.24, 2.45) is 5.92 Å². The maximum Gasteiger partial charge on any atom is 0.323 e. The Morgan fingerprint density at radius 3 is 2.67 bits per heavy atom. The van der Waals surface area contributed by atoms with Gasteiger partial charge < -0.3 is 9.84 Å². The van der Waals surface area contributed by atoms with Crippen LogP contribution in [0.5, 0.6) is 0 Å². The number of hydrogen-bond donors (Lipinski definition) is 2. The summed E-state index contributed by atoms with van der Waals surface area (Å²) in [5.41, 5.74) is 0. The van der Waals surface area contributed by atoms with E-state index in [0.29, 0.717) is 6.04 Å². The molecule has 2 atom stereocenters. The van der Waals surface area contributed by atoms with Crippen LogP contribution in [0.2, 0.25) is 0 Å². The molecule has 0 radical (unpaired) electrons. The van der Waals surface area contributed by atoms with Crippen LogP contribution in [0, 0.1) is 5.92 Å². The third-order valence-electron chi connectivity index (χ3n) is 2.88. The van der Waals surface area contributed by atoms with Crippen LogP contribution in [0.25, 0.3) is 0 Å². The van der Waals surface area contributed by atoms with Crippen LogP contribution in [0.15, 0.2) is 0 Å². The summed E-state index contributed by atoms with van der Waals surface area (Å²) in [6.45, 7) is 2.32. The number of aliphatic carboxylic acids is 1. The Bertz CT molecular complexity index is 204. The zero-order valence-corrected chi connectivity index (χ0v) is 9.53. The predicted molar refractivity (Wildman–Crippen MR) is 57.9 cm³/mol. The molecule has 0 aromatic carbocycles. The van der Waals surface area contributed by atoms with Crippen molar-refractivity contribution in [2.45, 2.75) is 44.7 Å². The predicted octanol–water partition coefficient (Wildman–Crippen LogP) is 1.25. The van der Waals surface area contributed by atoms with E-state index in [1.165, 1.54) is 20.0 Å². The topological polar surface area (TPSA) is 58.6 Å². The van der Waals surface area contributed by atoms with E-state index in [4.69, 9.17) is 9.84 Å². The summed E-state index contributed by atoms with van der Waals surface area (Å²) in [4.78, 5) is 10.9. The normalized spacial score (nSPS) is 19.9. The van der Waals surface area contributed by atoms with Gasteiger partial charge in [-0.3, -0.25) is 10.1 Å². The maximum absolute atomic E-state index is 10.9. The van der Waals surface area contributed by atoms with Gasteiger partial charge in [0.2, 0.25) is 0 Å². The van der Waals surface area contributed by atoms with E-state index in [9.17, 15) is 4.79 Å². The molecule has 1 aliphatic carbocycles. The molecule has 4 heteroatoms. The quantitative estimate of drug-likeness (QED) is 0.640. The lowest BCUT2D eigenvalue weighted by atomic mass is 10.1. The van der Waals surface area contributed by atoms with Crippen LogP contribution in [-0.2, 0) is 9.53 Å². The Morgan fingerprint density at radius 1 is 1.60 bits per heavy atom. The number of ether oxygens (including phenoxy) is 1. The number of carboxylic acids is 1. The van der Waals surface area contributed by atoms with Crippen molar-refractivity contribution in [3.63, 3.8) is 0 Å². The van der Waals surface area contributed by atoms with Gasteiger partial charge in [-0.1, -0.05) is 19.8 Å². The molecular weight excluding hydrogens is 194 g/mol. The first-order chi connectivity index (χ1) is 7.17. The summed E-state index contributed by atoms with van der Waals surface area (Å²) >= 11 is 0. The van der Waals surface area contributed by atoms with Crippen molar-refractivity contribution in [3.05, 3.63) is 0 Å². The van der Waals surface area contributed by atoms with E-state index >= 15 is 0 Å². The smallest absolute Gasteiger partial charge is 0.323 e. The van der Waals surface area contributed by atoms with Gasteiger partial charge >= 0.3 is 5.97 Å². The van der Waals surface area contributed by atoms with Gasteiger partial charge in [-0.05, 0) is 18.8 Å². The number of carboxylic acid groups (broad SMARTS) is 1. The van der Waals surface area contributed by atoms with Gasteiger partial charge in [-0.15, -0.1) is 0 Å². The molecule has 15 heavy (non-hydrogen) atoms. The lowest BCUT2D eigenvalue weighted by molar-refractivity contribution is -0.141. The third kappa shape index (κ3) is 4.62. The number of nitrogens with one attached hydrogen (secondary N) is 1. The van der Waals surface area contributed by atoms with Crippen molar-refractivity contribution in [2.75, 3.05) is 13.7 Å². The number of methoxy groups -OCH3 is 1. The fourth-order valence-electron chi connectivity index (χ4n) is 1.75. The molecule has 2 N–H and O–H groups in total. The second-order valence-electron chi connectivity index (χ2n) is 4.30. The highest BCUT2D eigenvalue weighted by molar-refractivity contribution is 5.73. The minimum absolute atomic E-state index is 0.233. The van der Waals surface area contributed by atoms with Crippen LogP contribution < -0.4 is 5.32 Å². The van der Waals surface area contributed by atoms with Gasteiger partial charge in [0, 0.05) is 13.2 Å². The highest BCUT2D eigenvalue weighted by Gasteiger charge is 2.27. The molecule has 0 heterocycles. The largest absolute Gasteiger partial charge is 0.480 e. The van der Waals surface area contributed by atoms with E-state index in [2.05, 4.69) is 12.2 Å². The van der Waals surface area contributed by atoms with Crippen molar-refractivity contribution >= 4 is 5.97 Å². The molecule has 0 bridgehead atoms. The SMILES string of the molecule is CCC(CC1CC1)NC(COC)C(=O)O. The first-order valence-corrected chi connectivity index (χ1v) is 5.65. The first kappa shape index (κ1) is 12.5. The zero-order valence-electron chi connectivity index (χ0n) is 9.53. The third-order valence-corrected chi connectivity index (χ3v) is 2.88. The molecule has 0 aromatic rings. The number of hydrogen-bond acceptors (Lipinski definition) is 3. The van der Waals surface area contributed by atoms with E-state index in [1.54, 1.807) is 0 Å². The number of carbonyl (C=O) groups is 1. The molecule has 1 saturated carbocycles. The van der Waals surface area contributed by atoms with Crippen LogP contribution in [-0.4, -0.2) is 36.9 Å². The van der Waals surface area contributed by atoms with Gasteiger partial charge in [0.05, 0.1) is 6.61 Å². The standard InChI is InChI=1S/C11H21NO3/c1-3-9(6-8-4-5-8)12-10(7-15-2)11(13)14/h8-10,12H,3-7H2,1-2H3,(H,13,14). The average molecular weight is 215 g/mol. The van der Waals surface area contributed by atoms with Crippen molar-refractivity contribution in [1.29, 1.82) is 0 Å². The monoisotopic (exact) mass is 215 g/mol. The Kier molecular flexibility index (Phi) is 5.05. The molecule has 88 valence electrons. The first-order valence-electron chi connectivity index (χ1n) is 5.65. The minimum Gasteiger partial charge on any atom is -0.480 e. The highest BCUT2D eigenvalue weighted by atomic mass is 16.5. The molecule has 1 rings (SSSR count). The lowest BCUT2D eigenvalue weighted by Gasteiger charge is -2.21. The molecule has 0 aliphatic heterocycles. The van der Waals surface area contributed by atoms with Crippen molar-refractivity contribution in [1.82, 2.24) is 5.32 Å². The molecule has 0 amide bonds. The molecule has 4 nitrogen and oxygen atoms in total. The molecule has 1 fully saturated rings. The summed E-state index contributed by atoms with van der Waals surface area (Å²) in [7, 11) is 1.53. The van der Waals surface area contributed by atoms with Crippen LogP contribution in [0.3, 0.4) is 0 Å². The van der Waals surface area contributed by atoms with Crippen LogP contribution >= 0.6 is 0 Å². The summed E-state index contributed by atoms with van der Waals surface area (Å²) in [6.07, 6.45) is 4.69. The highest BCUT2D eigenvalue weighted by Crippen LogP contribution is 2.34. The molecule has 2 unspecified atom stereocenters. The lowest BCUT2D eigenvalue weighted by Crippen LogP contribution is -2.46. The van der Waals surface area contributed by atoms with E-state index in [-0.39, 0.29) is 6.61 Å². The van der Waals surface area contributed by atoms with Gasteiger partial charge in [0.1, 0.15) is 6.04 Å². The van der Waals surface area contributed by atoms with Gasteiger partial charge in [0.25, 0.3) is 0 Å². The van der Waals surface area contributed by atoms with Crippen molar-refractivity contribution in [3.8, 4) is 0 Å². The molecule has 1 aliphatic rings. The summed E-state index contributed by atoms with van der Waals surface area (Å²) in [6, 6.07) is -0.257. The van der Waals surface area contributed by atoms with E-state index in [1.807, 2.05) is 0 Å². The summed E-state index contributed by atoms with van der Waals surface area (Å²) < 4.78 is 4.89. The second kappa shape index (κ2) is 6.08. The van der Waals surface area contributed by atoms with Gasteiger partial charge in [0.15, 0.2) is 0 Å². The Labute approximate surface area is 91.0 Å². The fourth-order valence-corrected chi connectivity index (χ4v) is 1.75. The summed E-state index contributed by atoms with van der Waals surface area (Å²) in [5, 5.41) is 12.1. The average Bonchev–Trinajstić information content (AvgIpc) is 2.99. The second-order valence-corrected chi connectivity index (χ2v) is 4.30. The Morgan fingerprint density at radius 2 is 2.27 bits per heavy atom. The molecule has 0 saturated heterocycles.